The number of piperidine rings is 1. The van der Waals surface area contributed by atoms with Gasteiger partial charge in [-0.1, -0.05) is 13.3 Å². The molecule has 0 aromatic carbocycles. The molecule has 0 aliphatic carbocycles. The summed E-state index contributed by atoms with van der Waals surface area (Å²) in [5, 5.41) is 8.53. The second-order valence-corrected chi connectivity index (χ2v) is 3.54. The fraction of sp³-hybridized carbons (Fsp3) is 0.800. The van der Waals surface area contributed by atoms with Gasteiger partial charge in [-0.25, -0.2) is 0 Å². The van der Waals surface area contributed by atoms with E-state index in [9.17, 15) is 0 Å². The van der Waals surface area contributed by atoms with E-state index in [2.05, 4.69) is 17.9 Å². The third-order valence-corrected chi connectivity index (χ3v) is 2.51. The molecular weight excluding hydrogens is 148 g/mol. The average molecular weight is 165 g/mol. The summed E-state index contributed by atoms with van der Waals surface area (Å²) in [6, 6.07) is 2.21. The second-order valence-electron chi connectivity index (χ2n) is 3.54. The summed E-state index contributed by atoms with van der Waals surface area (Å²) in [4.78, 5) is 2.25. The molecule has 1 saturated heterocycles. The summed E-state index contributed by atoms with van der Waals surface area (Å²) in [6.07, 6.45) is 4.84. The maximum Gasteiger partial charge on any atom is 0.0866 e. The van der Waals surface area contributed by atoms with Crippen LogP contribution in [0.5, 0.6) is 0 Å². The Labute approximate surface area is 75.2 Å². The lowest BCUT2D eigenvalue weighted by Gasteiger charge is -2.30. The smallest absolute Gasteiger partial charge is 0.0866 e. The summed E-state index contributed by atoms with van der Waals surface area (Å²) in [5.74, 6) is 0.796. The zero-order valence-corrected chi connectivity index (χ0v) is 7.63. The van der Waals surface area contributed by atoms with Crippen molar-refractivity contribution in [1.82, 2.24) is 4.90 Å². The topological polar surface area (TPSA) is 27.0 Å². The predicted octanol–water partition coefficient (Wildman–Crippen LogP) is 1.84. The standard InChI is InChI=1S/C10H17N2/c1-2-4-10-5-3-7-12(9-10)8-6-11/h10H,1-5,7-9H2. The third kappa shape index (κ3) is 2.83. The first kappa shape index (κ1) is 9.54. The molecule has 0 N–H and O–H groups in total. The third-order valence-electron chi connectivity index (χ3n) is 2.51. The summed E-state index contributed by atoms with van der Waals surface area (Å²) >= 11 is 0. The minimum Gasteiger partial charge on any atom is -0.290 e. The second kappa shape index (κ2) is 5.16. The fourth-order valence-corrected chi connectivity index (χ4v) is 1.92. The van der Waals surface area contributed by atoms with Crippen LogP contribution in [-0.2, 0) is 0 Å². The van der Waals surface area contributed by atoms with E-state index in [0.29, 0.717) is 6.54 Å². The van der Waals surface area contributed by atoms with Crippen LogP contribution in [0, 0.1) is 24.2 Å². The molecule has 0 saturated carbocycles. The van der Waals surface area contributed by atoms with Crippen molar-refractivity contribution in [3.05, 3.63) is 6.92 Å². The molecule has 12 heavy (non-hydrogen) atoms. The van der Waals surface area contributed by atoms with Gasteiger partial charge in [-0.15, -0.1) is 0 Å². The molecule has 0 amide bonds. The van der Waals surface area contributed by atoms with Gasteiger partial charge in [0.05, 0.1) is 12.6 Å². The fourth-order valence-electron chi connectivity index (χ4n) is 1.92. The zero-order valence-electron chi connectivity index (χ0n) is 7.63. The van der Waals surface area contributed by atoms with E-state index in [1.54, 1.807) is 0 Å². The summed E-state index contributed by atoms with van der Waals surface area (Å²) in [5.41, 5.74) is 0. The SMILES string of the molecule is [CH2]CCC1CCCN(CC#N)C1. The van der Waals surface area contributed by atoms with Crippen LogP contribution in [0.3, 0.4) is 0 Å². The van der Waals surface area contributed by atoms with E-state index >= 15 is 0 Å². The number of nitriles is 1. The van der Waals surface area contributed by atoms with Crippen molar-refractivity contribution in [3.8, 4) is 6.07 Å². The Morgan fingerprint density at radius 1 is 1.58 bits per heavy atom. The Hall–Kier alpha value is -0.550. The highest BCUT2D eigenvalue weighted by molar-refractivity contribution is 4.81. The molecule has 2 nitrogen and oxygen atoms in total. The highest BCUT2D eigenvalue weighted by Gasteiger charge is 2.18. The van der Waals surface area contributed by atoms with E-state index in [0.717, 1.165) is 25.4 Å². The van der Waals surface area contributed by atoms with Crippen molar-refractivity contribution < 1.29 is 0 Å². The molecule has 1 heterocycles. The van der Waals surface area contributed by atoms with Crippen LogP contribution in [0.15, 0.2) is 0 Å². The Morgan fingerprint density at radius 2 is 2.42 bits per heavy atom. The molecule has 2 heteroatoms. The number of nitrogens with zero attached hydrogens (tertiary/aromatic N) is 2. The Bertz CT molecular complexity index is 158. The van der Waals surface area contributed by atoms with Crippen LogP contribution in [0.2, 0.25) is 0 Å². The molecule has 0 aromatic rings. The van der Waals surface area contributed by atoms with Crippen molar-refractivity contribution >= 4 is 0 Å². The van der Waals surface area contributed by atoms with Gasteiger partial charge in [0, 0.05) is 6.54 Å². The molecule has 67 valence electrons. The van der Waals surface area contributed by atoms with Gasteiger partial charge in [0.25, 0.3) is 0 Å². The predicted molar refractivity (Wildman–Crippen MR) is 49.4 cm³/mol. The van der Waals surface area contributed by atoms with Gasteiger partial charge in [-0.2, -0.15) is 5.26 Å². The summed E-state index contributed by atoms with van der Waals surface area (Å²) < 4.78 is 0. The molecule has 0 aromatic heterocycles. The van der Waals surface area contributed by atoms with Crippen LogP contribution < -0.4 is 0 Å². The van der Waals surface area contributed by atoms with Crippen molar-refractivity contribution in [2.45, 2.75) is 25.7 Å². The number of likely N-dealkylation sites (tertiary alicyclic amines) is 1. The average Bonchev–Trinajstić information content (AvgIpc) is 2.06. The van der Waals surface area contributed by atoms with Gasteiger partial charge in [-0.3, -0.25) is 4.90 Å². The van der Waals surface area contributed by atoms with E-state index in [1.807, 2.05) is 0 Å². The summed E-state index contributed by atoms with van der Waals surface area (Å²) in [7, 11) is 0. The Kier molecular flexibility index (Phi) is 4.10. The number of rotatable bonds is 3. The van der Waals surface area contributed by atoms with E-state index in [4.69, 9.17) is 5.26 Å². The van der Waals surface area contributed by atoms with Crippen LogP contribution in [0.1, 0.15) is 25.7 Å². The lowest BCUT2D eigenvalue weighted by molar-refractivity contribution is 0.187. The van der Waals surface area contributed by atoms with Gasteiger partial charge in [0.2, 0.25) is 0 Å². The van der Waals surface area contributed by atoms with Crippen molar-refractivity contribution in [3.63, 3.8) is 0 Å². The van der Waals surface area contributed by atoms with Gasteiger partial charge in [-0.05, 0) is 31.7 Å². The largest absolute Gasteiger partial charge is 0.290 e. The number of hydrogen-bond donors (Lipinski definition) is 0. The molecule has 1 rings (SSSR count). The van der Waals surface area contributed by atoms with Crippen LogP contribution in [0.25, 0.3) is 0 Å². The molecule has 1 aliphatic heterocycles. The van der Waals surface area contributed by atoms with Gasteiger partial charge in [0.1, 0.15) is 0 Å². The van der Waals surface area contributed by atoms with E-state index < -0.39 is 0 Å². The molecule has 0 bridgehead atoms. The zero-order chi connectivity index (χ0) is 8.81. The van der Waals surface area contributed by atoms with Crippen molar-refractivity contribution in [2.24, 2.45) is 5.92 Å². The van der Waals surface area contributed by atoms with E-state index in [-0.39, 0.29) is 0 Å². The van der Waals surface area contributed by atoms with Crippen LogP contribution in [-0.4, -0.2) is 24.5 Å². The molecular formula is C10H17N2. The maximum atomic E-state index is 8.53. The van der Waals surface area contributed by atoms with Gasteiger partial charge >= 0.3 is 0 Å². The monoisotopic (exact) mass is 165 g/mol. The quantitative estimate of drug-likeness (QED) is 0.597. The molecule has 0 spiro atoms. The maximum absolute atomic E-state index is 8.53. The van der Waals surface area contributed by atoms with E-state index in [1.165, 1.54) is 19.3 Å². The minimum atomic E-state index is 0.605. The lowest BCUT2D eigenvalue weighted by atomic mass is 9.94. The first-order valence-electron chi connectivity index (χ1n) is 4.75. The first-order chi connectivity index (χ1) is 5.86. The Morgan fingerprint density at radius 3 is 3.08 bits per heavy atom. The van der Waals surface area contributed by atoms with Gasteiger partial charge in [0.15, 0.2) is 0 Å². The van der Waals surface area contributed by atoms with Crippen molar-refractivity contribution in [1.29, 1.82) is 5.26 Å². The normalized spacial score (nSPS) is 25.2. The number of hydrogen-bond acceptors (Lipinski definition) is 2. The highest BCUT2D eigenvalue weighted by atomic mass is 15.1. The van der Waals surface area contributed by atoms with Gasteiger partial charge < -0.3 is 0 Å². The minimum absolute atomic E-state index is 0.605. The highest BCUT2D eigenvalue weighted by Crippen LogP contribution is 2.19. The molecule has 1 fully saturated rings. The molecule has 1 radical (unpaired) electrons. The van der Waals surface area contributed by atoms with Crippen molar-refractivity contribution in [2.75, 3.05) is 19.6 Å². The van der Waals surface area contributed by atoms with Crippen LogP contribution >= 0.6 is 0 Å². The molecule has 1 atom stereocenters. The molecule has 1 unspecified atom stereocenters. The first-order valence-corrected chi connectivity index (χ1v) is 4.75. The van der Waals surface area contributed by atoms with Crippen LogP contribution in [0.4, 0.5) is 0 Å². The summed E-state index contributed by atoms with van der Waals surface area (Å²) in [6.45, 7) is 6.70. The molecule has 1 aliphatic rings. The lowest BCUT2D eigenvalue weighted by Crippen LogP contribution is -2.35. The Balaban J connectivity index is 2.26.